The maximum absolute atomic E-state index is 13.0. The lowest BCUT2D eigenvalue weighted by atomic mass is 10.0. The van der Waals surface area contributed by atoms with Gasteiger partial charge >= 0.3 is 6.03 Å². The molecular weight excluding hydrogens is 396 g/mol. The van der Waals surface area contributed by atoms with Crippen molar-refractivity contribution in [3.8, 4) is 0 Å². The molecule has 1 aromatic heterocycles. The first kappa shape index (κ1) is 19.3. The molecule has 0 spiro atoms. The van der Waals surface area contributed by atoms with Crippen LogP contribution in [-0.4, -0.2) is 68.1 Å². The topological polar surface area (TPSA) is 82.6 Å². The summed E-state index contributed by atoms with van der Waals surface area (Å²) < 4.78 is 12.6. The summed E-state index contributed by atoms with van der Waals surface area (Å²) in [5.41, 5.74) is 2.02. The van der Waals surface area contributed by atoms with Crippen molar-refractivity contribution in [2.24, 2.45) is 0 Å². The summed E-state index contributed by atoms with van der Waals surface area (Å²) in [5, 5.41) is 3.49. The van der Waals surface area contributed by atoms with E-state index in [2.05, 4.69) is 16.4 Å². The molecular formula is C19H24N4O3S2. The third kappa shape index (κ3) is 4.05. The Bertz CT molecular complexity index is 919. The van der Waals surface area contributed by atoms with Gasteiger partial charge in [0, 0.05) is 41.9 Å². The normalized spacial score (nSPS) is 21.1. The lowest BCUT2D eigenvalue weighted by molar-refractivity contribution is -0.121. The minimum atomic E-state index is -0.835. The molecule has 2 aromatic rings. The van der Waals surface area contributed by atoms with Crippen molar-refractivity contribution < 1.29 is 13.8 Å². The van der Waals surface area contributed by atoms with Crippen molar-refractivity contribution in [1.82, 2.24) is 14.8 Å². The molecule has 3 heterocycles. The summed E-state index contributed by atoms with van der Waals surface area (Å²) in [6.45, 7) is 3.59. The number of anilines is 1. The molecule has 3 amide bonds. The molecule has 1 atom stereocenters. The Labute approximate surface area is 170 Å². The van der Waals surface area contributed by atoms with E-state index in [1.165, 1.54) is 11.3 Å². The van der Waals surface area contributed by atoms with Gasteiger partial charge in [0.2, 0.25) is 5.91 Å². The lowest BCUT2D eigenvalue weighted by Gasteiger charge is -2.39. The Morgan fingerprint density at radius 3 is 2.79 bits per heavy atom. The number of fused-ring (bicyclic) bond motifs is 1. The van der Waals surface area contributed by atoms with Crippen molar-refractivity contribution in [2.75, 3.05) is 36.5 Å². The number of aromatic nitrogens is 1. The van der Waals surface area contributed by atoms with E-state index in [4.69, 9.17) is 0 Å². The largest absolute Gasteiger partial charge is 0.323 e. The number of thiazole rings is 1. The van der Waals surface area contributed by atoms with Gasteiger partial charge in [-0.15, -0.1) is 0 Å². The fourth-order valence-corrected chi connectivity index (χ4v) is 5.74. The number of aryl methyl sites for hydroxylation is 1. The highest BCUT2D eigenvalue weighted by Gasteiger charge is 2.35. The molecule has 0 saturated carbocycles. The SMILES string of the molecule is Cc1ccc2nc(NC(=O)[C@@H]3CCCCN3C(=O)N3CCS(=O)CC3)sc2c1. The van der Waals surface area contributed by atoms with E-state index in [0.717, 1.165) is 28.6 Å². The quantitative estimate of drug-likeness (QED) is 0.810. The van der Waals surface area contributed by atoms with Crippen LogP contribution in [-0.2, 0) is 15.6 Å². The second-order valence-electron chi connectivity index (χ2n) is 7.30. The number of benzene rings is 1. The smallest absolute Gasteiger partial charge is 0.320 e. The molecule has 28 heavy (non-hydrogen) atoms. The van der Waals surface area contributed by atoms with Crippen molar-refractivity contribution in [3.63, 3.8) is 0 Å². The van der Waals surface area contributed by atoms with Crippen LogP contribution in [0.4, 0.5) is 9.93 Å². The molecule has 150 valence electrons. The second kappa shape index (κ2) is 8.16. The van der Waals surface area contributed by atoms with Crippen LogP contribution in [0.15, 0.2) is 18.2 Å². The van der Waals surface area contributed by atoms with E-state index in [9.17, 15) is 13.8 Å². The summed E-state index contributed by atoms with van der Waals surface area (Å²) in [6.07, 6.45) is 2.47. The zero-order chi connectivity index (χ0) is 19.7. The van der Waals surface area contributed by atoms with Crippen molar-refractivity contribution >= 4 is 49.4 Å². The predicted molar refractivity (Wildman–Crippen MR) is 112 cm³/mol. The molecule has 2 saturated heterocycles. The number of hydrogen-bond acceptors (Lipinski definition) is 5. The van der Waals surface area contributed by atoms with E-state index < -0.39 is 16.8 Å². The maximum Gasteiger partial charge on any atom is 0.320 e. The highest BCUT2D eigenvalue weighted by Crippen LogP contribution is 2.28. The molecule has 0 unspecified atom stereocenters. The van der Waals surface area contributed by atoms with Gasteiger partial charge < -0.3 is 15.1 Å². The van der Waals surface area contributed by atoms with Crippen LogP contribution in [0.1, 0.15) is 24.8 Å². The van der Waals surface area contributed by atoms with Gasteiger partial charge in [-0.2, -0.15) is 0 Å². The van der Waals surface area contributed by atoms with E-state index in [-0.39, 0.29) is 11.9 Å². The molecule has 2 fully saturated rings. The Balaban J connectivity index is 1.47. The number of rotatable bonds is 2. The molecule has 1 aromatic carbocycles. The molecule has 2 aliphatic rings. The number of amides is 3. The van der Waals surface area contributed by atoms with Gasteiger partial charge in [-0.25, -0.2) is 9.78 Å². The van der Waals surface area contributed by atoms with Crippen molar-refractivity contribution in [1.29, 1.82) is 0 Å². The number of carbonyl (C=O) groups is 2. The Morgan fingerprint density at radius 1 is 1.21 bits per heavy atom. The van der Waals surface area contributed by atoms with Crippen LogP contribution in [0.3, 0.4) is 0 Å². The number of hydrogen-bond donors (Lipinski definition) is 1. The second-order valence-corrected chi connectivity index (χ2v) is 10.0. The average molecular weight is 421 g/mol. The fourth-order valence-electron chi connectivity index (χ4n) is 3.72. The van der Waals surface area contributed by atoms with Gasteiger partial charge in [-0.1, -0.05) is 17.4 Å². The summed E-state index contributed by atoms with van der Waals surface area (Å²) in [6, 6.07) is 5.41. The van der Waals surface area contributed by atoms with Crippen LogP contribution in [0, 0.1) is 6.92 Å². The number of nitrogens with one attached hydrogen (secondary N) is 1. The average Bonchev–Trinajstić information content (AvgIpc) is 3.09. The molecule has 7 nitrogen and oxygen atoms in total. The minimum absolute atomic E-state index is 0.114. The number of urea groups is 1. The summed E-state index contributed by atoms with van der Waals surface area (Å²) in [7, 11) is -0.835. The zero-order valence-corrected chi connectivity index (χ0v) is 17.5. The molecule has 9 heteroatoms. The zero-order valence-electron chi connectivity index (χ0n) is 15.8. The summed E-state index contributed by atoms with van der Waals surface area (Å²) in [5.74, 6) is 0.854. The molecule has 1 N–H and O–H groups in total. The van der Waals surface area contributed by atoms with E-state index in [1.807, 2.05) is 19.1 Å². The monoisotopic (exact) mass is 420 g/mol. The lowest BCUT2D eigenvalue weighted by Crippen LogP contribution is -2.56. The van der Waals surface area contributed by atoms with Crippen LogP contribution in [0.2, 0.25) is 0 Å². The molecule has 0 aliphatic carbocycles. The fraction of sp³-hybridized carbons (Fsp3) is 0.526. The van der Waals surface area contributed by atoms with E-state index in [1.54, 1.807) is 9.80 Å². The minimum Gasteiger partial charge on any atom is -0.323 e. The van der Waals surface area contributed by atoms with Crippen LogP contribution < -0.4 is 5.32 Å². The molecule has 2 aliphatic heterocycles. The first-order valence-corrected chi connectivity index (χ1v) is 11.9. The molecule has 0 bridgehead atoms. The Hall–Kier alpha value is -2.00. The first-order chi connectivity index (χ1) is 13.5. The standard InChI is InChI=1S/C19H24N4O3S2/c1-13-5-6-14-16(12-13)27-18(20-14)21-17(24)15-4-2-3-7-23(15)19(25)22-8-10-28(26)11-9-22/h5-6,12,15H,2-4,7-11H2,1H3,(H,20,21,24)/t15-/m0/s1. The van der Waals surface area contributed by atoms with Crippen LogP contribution >= 0.6 is 11.3 Å². The van der Waals surface area contributed by atoms with Gasteiger partial charge in [0.1, 0.15) is 6.04 Å². The Morgan fingerprint density at radius 2 is 2.00 bits per heavy atom. The summed E-state index contributed by atoms with van der Waals surface area (Å²) >= 11 is 1.45. The van der Waals surface area contributed by atoms with Gasteiger partial charge in [0.25, 0.3) is 0 Å². The van der Waals surface area contributed by atoms with Gasteiger partial charge in [-0.05, 0) is 43.9 Å². The van der Waals surface area contributed by atoms with Crippen molar-refractivity contribution in [2.45, 2.75) is 32.2 Å². The predicted octanol–water partition coefficient (Wildman–Crippen LogP) is 2.58. The highest BCUT2D eigenvalue weighted by molar-refractivity contribution is 7.85. The maximum atomic E-state index is 13.0. The summed E-state index contributed by atoms with van der Waals surface area (Å²) in [4.78, 5) is 33.8. The third-order valence-corrected chi connectivity index (χ3v) is 7.48. The van der Waals surface area contributed by atoms with E-state index in [0.29, 0.717) is 42.7 Å². The van der Waals surface area contributed by atoms with Gasteiger partial charge in [0.05, 0.1) is 10.2 Å². The van der Waals surface area contributed by atoms with Gasteiger partial charge in [0.15, 0.2) is 5.13 Å². The number of piperidine rings is 1. The van der Waals surface area contributed by atoms with E-state index >= 15 is 0 Å². The Kier molecular flexibility index (Phi) is 5.63. The number of nitrogens with zero attached hydrogens (tertiary/aromatic N) is 3. The van der Waals surface area contributed by atoms with Crippen LogP contribution in [0.25, 0.3) is 10.2 Å². The highest BCUT2D eigenvalue weighted by atomic mass is 32.2. The third-order valence-electron chi connectivity index (χ3n) is 5.27. The molecule has 4 rings (SSSR count). The molecule has 0 radical (unpaired) electrons. The number of likely N-dealkylation sites (tertiary alicyclic amines) is 1. The van der Waals surface area contributed by atoms with Crippen molar-refractivity contribution in [3.05, 3.63) is 23.8 Å². The first-order valence-electron chi connectivity index (χ1n) is 9.60. The number of carbonyl (C=O) groups excluding carboxylic acids is 2. The van der Waals surface area contributed by atoms with Crippen LogP contribution in [0.5, 0.6) is 0 Å². The van der Waals surface area contributed by atoms with Gasteiger partial charge in [-0.3, -0.25) is 9.00 Å².